The van der Waals surface area contributed by atoms with Crippen LogP contribution in [0, 0.1) is 17.1 Å². The number of nitrogens with zero attached hydrogens (tertiary/aromatic N) is 1. The number of carbonyl (C=O) groups is 1. The number of hydrogen-bond acceptors (Lipinski definition) is 3. The summed E-state index contributed by atoms with van der Waals surface area (Å²) in [5, 5.41) is 8.78. The maximum atomic E-state index is 14.4. The van der Waals surface area contributed by atoms with Gasteiger partial charge in [0.2, 0.25) is 0 Å². The summed E-state index contributed by atoms with van der Waals surface area (Å²) in [4.78, 5) is 10.9. The minimum Gasteiger partial charge on any atom is -0.427 e. The lowest BCUT2D eigenvalue weighted by atomic mass is 10.0. The number of hydrogen-bond donors (Lipinski definition) is 0. The van der Waals surface area contributed by atoms with Crippen LogP contribution in [0.4, 0.5) is 8.78 Å². The molecule has 0 aliphatic carbocycles. The van der Waals surface area contributed by atoms with Gasteiger partial charge in [-0.15, -0.1) is 0 Å². The summed E-state index contributed by atoms with van der Waals surface area (Å²) in [6.07, 6.45) is 1.07. The average Bonchev–Trinajstić information content (AvgIpc) is 2.60. The molecule has 5 heteroatoms. The van der Waals surface area contributed by atoms with Crippen LogP contribution in [0.5, 0.6) is 5.75 Å². The lowest BCUT2D eigenvalue weighted by molar-refractivity contribution is -0.131. The van der Waals surface area contributed by atoms with E-state index in [1.165, 1.54) is 19.1 Å². The van der Waals surface area contributed by atoms with E-state index in [2.05, 4.69) is 13.2 Å². The molecular formula is C21H15F2NO2. The molecule has 0 saturated carbocycles. The average molecular weight is 351 g/mol. The van der Waals surface area contributed by atoms with Crippen molar-refractivity contribution in [2.24, 2.45) is 0 Å². The van der Waals surface area contributed by atoms with Gasteiger partial charge in [0.25, 0.3) is 0 Å². The van der Waals surface area contributed by atoms with Gasteiger partial charge in [-0.25, -0.2) is 8.78 Å². The van der Waals surface area contributed by atoms with E-state index in [0.29, 0.717) is 11.1 Å². The maximum Gasteiger partial charge on any atom is 0.308 e. The molecule has 2 aromatic rings. The van der Waals surface area contributed by atoms with E-state index in [-0.39, 0.29) is 22.5 Å². The Morgan fingerprint density at radius 1 is 1.19 bits per heavy atom. The number of rotatable bonds is 5. The summed E-state index contributed by atoms with van der Waals surface area (Å²) in [6, 6.07) is 12.0. The first kappa shape index (κ1) is 18.8. The number of allylic oxidation sites excluding steroid dienone is 4. The van der Waals surface area contributed by atoms with Crippen LogP contribution in [0.3, 0.4) is 0 Å². The van der Waals surface area contributed by atoms with E-state index < -0.39 is 17.6 Å². The molecule has 130 valence electrons. The Kier molecular flexibility index (Phi) is 5.82. The number of carbonyl (C=O) groups excluding carboxylic acids is 1. The fraction of sp³-hybridized carbons (Fsp3) is 0.0476. The molecule has 0 N–H and O–H groups in total. The second kappa shape index (κ2) is 8.04. The van der Waals surface area contributed by atoms with Crippen LogP contribution in [0.15, 0.2) is 67.5 Å². The van der Waals surface area contributed by atoms with Crippen molar-refractivity contribution in [2.75, 3.05) is 0 Å². The molecule has 0 aliphatic heterocycles. The highest BCUT2D eigenvalue weighted by Crippen LogP contribution is 2.28. The normalized spacial score (nSPS) is 10.8. The zero-order valence-corrected chi connectivity index (χ0v) is 14.1. The lowest BCUT2D eigenvalue weighted by Gasteiger charge is -2.08. The van der Waals surface area contributed by atoms with Gasteiger partial charge in [-0.3, -0.25) is 4.79 Å². The third-order valence-electron chi connectivity index (χ3n) is 3.50. The summed E-state index contributed by atoms with van der Waals surface area (Å²) < 4.78 is 33.4. The minimum absolute atomic E-state index is 0.0537. The van der Waals surface area contributed by atoms with Crippen molar-refractivity contribution in [3.05, 3.63) is 90.0 Å². The number of nitriles is 1. The fourth-order valence-electron chi connectivity index (χ4n) is 2.19. The molecule has 3 nitrogen and oxygen atoms in total. The molecule has 0 amide bonds. The van der Waals surface area contributed by atoms with Gasteiger partial charge < -0.3 is 4.74 Å². The molecule has 26 heavy (non-hydrogen) atoms. The van der Waals surface area contributed by atoms with E-state index >= 15 is 0 Å². The summed E-state index contributed by atoms with van der Waals surface area (Å²) in [5.74, 6) is -1.89. The molecule has 0 radical (unpaired) electrons. The monoisotopic (exact) mass is 351 g/mol. The van der Waals surface area contributed by atoms with Gasteiger partial charge in [0.15, 0.2) is 0 Å². The first-order valence-corrected chi connectivity index (χ1v) is 7.56. The van der Waals surface area contributed by atoms with Crippen LogP contribution in [-0.4, -0.2) is 5.97 Å². The predicted octanol–water partition coefficient (Wildman–Crippen LogP) is 5.20. The summed E-state index contributed by atoms with van der Waals surface area (Å²) in [5.41, 5.74) is 1.21. The van der Waals surface area contributed by atoms with Crippen molar-refractivity contribution in [1.82, 2.24) is 0 Å². The topological polar surface area (TPSA) is 50.1 Å². The molecule has 0 spiro atoms. The second-order valence-corrected chi connectivity index (χ2v) is 5.42. The number of esters is 1. The molecule has 2 rings (SSSR count). The first-order valence-electron chi connectivity index (χ1n) is 7.56. The van der Waals surface area contributed by atoms with E-state index in [0.717, 1.165) is 12.1 Å². The Hall–Kier alpha value is -3.52. The molecule has 0 atom stereocenters. The Morgan fingerprint density at radius 3 is 2.38 bits per heavy atom. The molecule has 2 aromatic carbocycles. The molecule has 0 bridgehead atoms. The summed E-state index contributed by atoms with van der Waals surface area (Å²) in [7, 11) is 0. The highest BCUT2D eigenvalue weighted by Gasteiger charge is 2.11. The van der Waals surface area contributed by atoms with Gasteiger partial charge in [0.1, 0.15) is 17.4 Å². The lowest BCUT2D eigenvalue weighted by Crippen LogP contribution is -2.02. The van der Waals surface area contributed by atoms with Gasteiger partial charge in [-0.05, 0) is 41.5 Å². The Bertz CT molecular complexity index is 951. The molecular weight excluding hydrogens is 336 g/mol. The largest absolute Gasteiger partial charge is 0.427 e. The van der Waals surface area contributed by atoms with E-state index in [1.807, 2.05) is 6.07 Å². The van der Waals surface area contributed by atoms with Crippen LogP contribution in [0.2, 0.25) is 0 Å². The maximum absolute atomic E-state index is 14.4. The fourth-order valence-corrected chi connectivity index (χ4v) is 2.19. The number of benzene rings is 2. The zero-order valence-electron chi connectivity index (χ0n) is 14.1. The van der Waals surface area contributed by atoms with Gasteiger partial charge in [-0.1, -0.05) is 25.3 Å². The Balaban J connectivity index is 2.22. The number of ether oxygens (including phenoxy) is 1. The SMILES string of the molecule is C=C(/C(F)=C\C(=C)c1ccc(OC(C)=O)cc1F)c1ccc(C#N)cc1. The van der Waals surface area contributed by atoms with E-state index in [1.54, 1.807) is 24.3 Å². The minimum atomic E-state index is -0.693. The molecule has 0 saturated heterocycles. The molecule has 0 aliphatic rings. The molecule has 0 unspecified atom stereocenters. The van der Waals surface area contributed by atoms with E-state index in [9.17, 15) is 13.6 Å². The third-order valence-corrected chi connectivity index (χ3v) is 3.50. The third kappa shape index (κ3) is 4.52. The smallest absolute Gasteiger partial charge is 0.308 e. The van der Waals surface area contributed by atoms with Gasteiger partial charge in [0.05, 0.1) is 11.6 Å². The van der Waals surface area contributed by atoms with Crippen LogP contribution >= 0.6 is 0 Å². The van der Waals surface area contributed by atoms with Gasteiger partial charge >= 0.3 is 5.97 Å². The predicted molar refractivity (Wildman–Crippen MR) is 96.1 cm³/mol. The first-order chi connectivity index (χ1) is 12.3. The van der Waals surface area contributed by atoms with Crippen LogP contribution in [-0.2, 0) is 4.79 Å². The number of halogens is 2. The van der Waals surface area contributed by atoms with Crippen LogP contribution < -0.4 is 4.74 Å². The van der Waals surface area contributed by atoms with Gasteiger partial charge in [-0.2, -0.15) is 5.26 Å². The van der Waals surface area contributed by atoms with E-state index in [4.69, 9.17) is 10.00 Å². The molecule has 0 heterocycles. The van der Waals surface area contributed by atoms with Crippen LogP contribution in [0.1, 0.15) is 23.6 Å². The molecule has 0 fully saturated rings. The standard InChI is InChI=1S/C21H15F2NO2/c1-13(19-9-8-18(11-21(19)23)26-15(3)25)10-20(22)14(2)17-6-4-16(12-24)5-7-17/h4-11H,1-2H2,3H3/b20-10+. The summed E-state index contributed by atoms with van der Waals surface area (Å²) in [6.45, 7) is 8.56. The Labute approximate surface area is 150 Å². The van der Waals surface area contributed by atoms with Crippen molar-refractivity contribution in [1.29, 1.82) is 5.26 Å². The van der Waals surface area contributed by atoms with Crippen molar-refractivity contribution >= 4 is 17.1 Å². The molecule has 0 aromatic heterocycles. The zero-order chi connectivity index (χ0) is 19.3. The van der Waals surface area contributed by atoms with Gasteiger partial charge in [0, 0.05) is 24.1 Å². The van der Waals surface area contributed by atoms with Crippen molar-refractivity contribution < 1.29 is 18.3 Å². The van der Waals surface area contributed by atoms with Crippen LogP contribution in [0.25, 0.3) is 11.1 Å². The Morgan fingerprint density at radius 2 is 1.85 bits per heavy atom. The van der Waals surface area contributed by atoms with Crippen molar-refractivity contribution in [3.8, 4) is 11.8 Å². The van der Waals surface area contributed by atoms with Crippen molar-refractivity contribution in [2.45, 2.75) is 6.92 Å². The quantitative estimate of drug-likeness (QED) is 0.422. The summed E-state index contributed by atoms with van der Waals surface area (Å²) >= 11 is 0. The highest BCUT2D eigenvalue weighted by molar-refractivity contribution is 5.82. The van der Waals surface area contributed by atoms with Crippen molar-refractivity contribution in [3.63, 3.8) is 0 Å². The second-order valence-electron chi connectivity index (χ2n) is 5.42. The highest BCUT2D eigenvalue weighted by atomic mass is 19.1.